The molecule has 1 heterocycles. The molecule has 0 saturated carbocycles. The van der Waals surface area contributed by atoms with Crippen molar-refractivity contribution in [3.63, 3.8) is 0 Å². The minimum atomic E-state index is -0.726. The fourth-order valence-electron chi connectivity index (χ4n) is 3.79. The second-order valence-electron chi connectivity index (χ2n) is 8.59. The lowest BCUT2D eigenvalue weighted by Crippen LogP contribution is -2.34. The number of nitrogens with zero attached hydrogens (tertiary/aromatic N) is 1. The number of hydrogen-bond acceptors (Lipinski definition) is 5. The van der Waals surface area contributed by atoms with Crippen molar-refractivity contribution in [3.8, 4) is 11.5 Å². The maximum atomic E-state index is 13.2. The maximum Gasteiger partial charge on any atom is 0.290 e. The summed E-state index contributed by atoms with van der Waals surface area (Å²) in [6, 6.07) is 14.3. The van der Waals surface area contributed by atoms with E-state index in [0.717, 1.165) is 11.1 Å². The van der Waals surface area contributed by atoms with Crippen LogP contribution in [0.3, 0.4) is 0 Å². The smallest absolute Gasteiger partial charge is 0.290 e. The Morgan fingerprint density at radius 2 is 1.68 bits per heavy atom. The van der Waals surface area contributed by atoms with E-state index in [1.807, 2.05) is 48.5 Å². The first-order valence-electron chi connectivity index (χ1n) is 10.2. The van der Waals surface area contributed by atoms with Crippen LogP contribution in [0.1, 0.15) is 37.9 Å². The molecule has 1 aliphatic heterocycles. The van der Waals surface area contributed by atoms with Gasteiger partial charge in [0.25, 0.3) is 5.91 Å². The summed E-state index contributed by atoms with van der Waals surface area (Å²) in [6.07, 6.45) is 0.527. The van der Waals surface area contributed by atoms with Crippen molar-refractivity contribution >= 4 is 11.7 Å². The average Bonchev–Trinajstić information content (AvgIpc) is 3.01. The average molecular weight is 424 g/mol. The molecule has 1 amide bonds. The highest BCUT2D eigenvalue weighted by Crippen LogP contribution is 2.41. The van der Waals surface area contributed by atoms with Gasteiger partial charge in [0.05, 0.1) is 25.8 Å². The molecule has 0 radical (unpaired) electrons. The molecule has 31 heavy (non-hydrogen) atoms. The number of carbonyl (C=O) groups excluding carboxylic acids is 2. The van der Waals surface area contributed by atoms with Crippen molar-refractivity contribution in [1.29, 1.82) is 0 Å². The molecule has 6 heteroatoms. The highest BCUT2D eigenvalue weighted by molar-refractivity contribution is 6.10. The van der Waals surface area contributed by atoms with Crippen molar-refractivity contribution in [2.75, 3.05) is 20.8 Å². The number of ketones is 1. The third kappa shape index (κ3) is 4.43. The maximum absolute atomic E-state index is 13.2. The summed E-state index contributed by atoms with van der Waals surface area (Å²) in [7, 11) is 3.15. The quantitative estimate of drug-likeness (QED) is 0.720. The lowest BCUT2D eigenvalue weighted by atomic mass is 9.82. The fraction of sp³-hybridized carbons (Fsp3) is 0.360. The highest BCUT2D eigenvalue weighted by atomic mass is 16.5. The van der Waals surface area contributed by atoms with Crippen LogP contribution in [-0.4, -0.2) is 42.5 Å². The van der Waals surface area contributed by atoms with Crippen LogP contribution in [0.4, 0.5) is 0 Å². The number of carbonyl (C=O) groups is 2. The van der Waals surface area contributed by atoms with Crippen LogP contribution >= 0.6 is 0 Å². The number of rotatable bonds is 7. The molecule has 3 rings (SSSR count). The third-order valence-corrected chi connectivity index (χ3v) is 5.43. The van der Waals surface area contributed by atoms with Crippen LogP contribution in [0, 0.1) is 5.41 Å². The van der Waals surface area contributed by atoms with E-state index >= 15 is 0 Å². The Kier molecular flexibility index (Phi) is 6.39. The zero-order chi connectivity index (χ0) is 22.8. The molecule has 0 spiro atoms. The molecule has 2 aromatic rings. The first-order valence-corrected chi connectivity index (χ1v) is 10.2. The number of hydrogen-bond donors (Lipinski definition) is 1. The fourth-order valence-corrected chi connectivity index (χ4v) is 3.79. The van der Waals surface area contributed by atoms with Gasteiger partial charge in [-0.15, -0.1) is 0 Å². The Bertz CT molecular complexity index is 1000. The molecule has 0 saturated heterocycles. The van der Waals surface area contributed by atoms with E-state index in [9.17, 15) is 14.7 Å². The van der Waals surface area contributed by atoms with Crippen molar-refractivity contribution in [2.45, 2.75) is 33.2 Å². The SMILES string of the molecule is COc1ccc(CCN2C(=O)C(O)=C(C(=O)C(C)(C)C)C2c2ccccc2)cc1OC. The van der Waals surface area contributed by atoms with Crippen molar-refractivity contribution in [1.82, 2.24) is 4.90 Å². The molecule has 164 valence electrons. The molecule has 0 aromatic heterocycles. The second kappa shape index (κ2) is 8.84. The van der Waals surface area contributed by atoms with Gasteiger partial charge in [0.2, 0.25) is 0 Å². The molecule has 0 fully saturated rings. The molecule has 1 aliphatic rings. The topological polar surface area (TPSA) is 76.1 Å². The van der Waals surface area contributed by atoms with Crippen LogP contribution < -0.4 is 9.47 Å². The van der Waals surface area contributed by atoms with Crippen molar-refractivity contribution in [2.24, 2.45) is 5.41 Å². The molecule has 0 aliphatic carbocycles. The van der Waals surface area contributed by atoms with Gasteiger partial charge in [-0.3, -0.25) is 9.59 Å². The van der Waals surface area contributed by atoms with Gasteiger partial charge >= 0.3 is 0 Å². The van der Waals surface area contributed by atoms with E-state index in [1.54, 1.807) is 39.9 Å². The minimum absolute atomic E-state index is 0.163. The molecule has 2 aromatic carbocycles. The van der Waals surface area contributed by atoms with Gasteiger partial charge in [0, 0.05) is 12.0 Å². The summed E-state index contributed by atoms with van der Waals surface area (Å²) < 4.78 is 10.6. The van der Waals surface area contributed by atoms with Crippen LogP contribution in [0.25, 0.3) is 0 Å². The minimum Gasteiger partial charge on any atom is -0.503 e. The van der Waals surface area contributed by atoms with Crippen molar-refractivity contribution in [3.05, 3.63) is 71.0 Å². The summed E-state index contributed by atoms with van der Waals surface area (Å²) in [6.45, 7) is 5.69. The van der Waals surface area contributed by atoms with Gasteiger partial charge in [-0.05, 0) is 29.7 Å². The Morgan fingerprint density at radius 3 is 2.26 bits per heavy atom. The standard InChI is InChI=1S/C25H29NO5/c1-25(2,3)23(28)20-21(17-9-7-6-8-10-17)26(24(29)22(20)27)14-13-16-11-12-18(30-4)19(15-16)31-5/h6-12,15,21,27H,13-14H2,1-5H3. The van der Waals surface area contributed by atoms with E-state index in [-0.39, 0.29) is 11.4 Å². The Labute approximate surface area is 183 Å². The predicted molar refractivity (Wildman–Crippen MR) is 118 cm³/mol. The molecular formula is C25H29NO5. The number of aliphatic hydroxyl groups is 1. The van der Waals surface area contributed by atoms with E-state index in [2.05, 4.69) is 0 Å². The predicted octanol–water partition coefficient (Wildman–Crippen LogP) is 4.26. The van der Waals surface area contributed by atoms with Crippen LogP contribution in [-0.2, 0) is 16.0 Å². The largest absolute Gasteiger partial charge is 0.503 e. The van der Waals surface area contributed by atoms with E-state index < -0.39 is 23.1 Å². The van der Waals surface area contributed by atoms with Gasteiger partial charge in [-0.25, -0.2) is 0 Å². The summed E-state index contributed by atoms with van der Waals surface area (Å²) in [5, 5.41) is 10.7. The third-order valence-electron chi connectivity index (χ3n) is 5.43. The molecule has 6 nitrogen and oxygen atoms in total. The number of ether oxygens (including phenoxy) is 2. The molecule has 1 unspecified atom stereocenters. The van der Waals surface area contributed by atoms with Gasteiger partial charge < -0.3 is 19.5 Å². The van der Waals surface area contributed by atoms with Gasteiger partial charge in [0.15, 0.2) is 23.0 Å². The van der Waals surface area contributed by atoms with Crippen LogP contribution in [0.15, 0.2) is 59.9 Å². The van der Waals surface area contributed by atoms with E-state index in [4.69, 9.17) is 9.47 Å². The van der Waals surface area contributed by atoms with Crippen molar-refractivity contribution < 1.29 is 24.2 Å². The number of amides is 1. The summed E-state index contributed by atoms with van der Waals surface area (Å²) >= 11 is 0. The number of benzene rings is 2. The first-order chi connectivity index (χ1) is 14.7. The van der Waals surface area contributed by atoms with Crippen LogP contribution in [0.5, 0.6) is 11.5 Å². The lowest BCUT2D eigenvalue weighted by Gasteiger charge is -2.29. The number of aliphatic hydroxyl groups excluding tert-OH is 1. The van der Waals surface area contributed by atoms with Gasteiger partial charge in [-0.2, -0.15) is 0 Å². The number of methoxy groups -OCH3 is 2. The Hall–Kier alpha value is -3.28. The van der Waals surface area contributed by atoms with E-state index in [0.29, 0.717) is 24.5 Å². The van der Waals surface area contributed by atoms with Gasteiger partial charge in [-0.1, -0.05) is 57.2 Å². The monoisotopic (exact) mass is 423 g/mol. The lowest BCUT2D eigenvalue weighted by molar-refractivity contribution is -0.129. The summed E-state index contributed by atoms with van der Waals surface area (Å²) in [4.78, 5) is 27.7. The normalized spacial score (nSPS) is 16.6. The Morgan fingerprint density at radius 1 is 1.03 bits per heavy atom. The molecular weight excluding hydrogens is 394 g/mol. The second-order valence-corrected chi connectivity index (χ2v) is 8.59. The van der Waals surface area contributed by atoms with Crippen LogP contribution in [0.2, 0.25) is 0 Å². The summed E-state index contributed by atoms with van der Waals surface area (Å²) in [5.74, 6) is 0.0174. The van der Waals surface area contributed by atoms with Gasteiger partial charge in [0.1, 0.15) is 0 Å². The molecule has 1 N–H and O–H groups in total. The Balaban J connectivity index is 1.94. The zero-order valence-electron chi connectivity index (χ0n) is 18.6. The highest BCUT2D eigenvalue weighted by Gasteiger charge is 2.45. The zero-order valence-corrected chi connectivity index (χ0v) is 18.6. The summed E-state index contributed by atoms with van der Waals surface area (Å²) in [5.41, 5.74) is 1.18. The molecule has 0 bridgehead atoms. The number of Topliss-reactive ketones (excluding diaryl/α,β-unsaturated/α-hetero) is 1. The van der Waals surface area contributed by atoms with E-state index in [1.165, 1.54) is 0 Å². The molecule has 1 atom stereocenters. The first kappa shape index (κ1) is 22.4.